The lowest BCUT2D eigenvalue weighted by Crippen LogP contribution is -2.29. The lowest BCUT2D eigenvalue weighted by atomic mass is 10.1. The Kier molecular flexibility index (Phi) is 5.43. The summed E-state index contributed by atoms with van der Waals surface area (Å²) in [4.78, 5) is 7.46. The van der Waals surface area contributed by atoms with Gasteiger partial charge in [0.05, 0.1) is 16.9 Å². The number of fused-ring (bicyclic) bond motifs is 1. The topological polar surface area (TPSA) is 46.8 Å². The van der Waals surface area contributed by atoms with E-state index in [2.05, 4.69) is 40.3 Å². The van der Waals surface area contributed by atoms with Gasteiger partial charge < -0.3 is 4.90 Å². The molecule has 1 atom stereocenters. The van der Waals surface area contributed by atoms with Crippen molar-refractivity contribution in [3.05, 3.63) is 71.4 Å². The Labute approximate surface area is 185 Å². The number of hydrogen-bond acceptors (Lipinski definition) is 4. The number of nitrogens with zero attached hydrogens (tertiary/aromatic N) is 5. The third-order valence-electron chi connectivity index (χ3n) is 6.44. The first kappa shape index (κ1) is 20.7. The summed E-state index contributed by atoms with van der Waals surface area (Å²) < 4.78 is 29.0. The van der Waals surface area contributed by atoms with Gasteiger partial charge in [0, 0.05) is 24.0 Å². The molecule has 2 aromatic carbocycles. The molecular weight excluding hydrogens is 408 g/mol. The summed E-state index contributed by atoms with van der Waals surface area (Å²) in [6.45, 7) is 6.28. The molecule has 3 heterocycles. The minimum atomic E-state index is -0.686. The Morgan fingerprint density at radius 1 is 1.09 bits per heavy atom. The highest BCUT2D eigenvalue weighted by Gasteiger charge is 2.20. The van der Waals surface area contributed by atoms with Crippen molar-refractivity contribution in [2.45, 2.75) is 39.2 Å². The molecule has 1 saturated heterocycles. The molecule has 1 aliphatic heterocycles. The van der Waals surface area contributed by atoms with E-state index in [1.807, 2.05) is 19.1 Å². The summed E-state index contributed by atoms with van der Waals surface area (Å²) in [7, 11) is 0. The molecule has 0 spiro atoms. The van der Waals surface area contributed by atoms with Crippen molar-refractivity contribution in [1.29, 1.82) is 0 Å². The Bertz CT molecular complexity index is 1280. The average Bonchev–Trinajstić information content (AvgIpc) is 3.37. The monoisotopic (exact) mass is 433 g/mol. The second-order valence-electron chi connectivity index (χ2n) is 8.49. The maximum atomic E-state index is 14.3. The van der Waals surface area contributed by atoms with Crippen LogP contribution in [0.2, 0.25) is 0 Å². The van der Waals surface area contributed by atoms with Crippen molar-refractivity contribution in [3.63, 3.8) is 0 Å². The number of pyridine rings is 1. The lowest BCUT2D eigenvalue weighted by molar-refractivity contribution is 0.272. The maximum Gasteiger partial charge on any atom is 0.151 e. The molecule has 7 heteroatoms. The highest BCUT2D eigenvalue weighted by Crippen LogP contribution is 2.27. The van der Waals surface area contributed by atoms with Crippen molar-refractivity contribution in [2.24, 2.45) is 0 Å². The molecule has 4 aromatic rings. The Hall–Kier alpha value is -3.19. The number of hydrogen-bond donors (Lipinski definition) is 0. The van der Waals surface area contributed by atoms with Crippen LogP contribution in [0.4, 0.5) is 8.78 Å². The SMILES string of the molecule is Cc1c(-c2ccc3cccc(CCN4CCC[C@H]4C)c3n2)nnn1-c1ccc(F)cc1F. The fourth-order valence-corrected chi connectivity index (χ4v) is 4.58. The quantitative estimate of drug-likeness (QED) is 0.440. The molecule has 2 aromatic heterocycles. The van der Waals surface area contributed by atoms with E-state index in [9.17, 15) is 8.78 Å². The first-order valence-corrected chi connectivity index (χ1v) is 11.0. The van der Waals surface area contributed by atoms with Crippen molar-refractivity contribution < 1.29 is 8.78 Å². The van der Waals surface area contributed by atoms with Crippen LogP contribution in [-0.4, -0.2) is 44.0 Å². The van der Waals surface area contributed by atoms with Gasteiger partial charge in [-0.1, -0.05) is 29.5 Å². The van der Waals surface area contributed by atoms with E-state index in [4.69, 9.17) is 4.98 Å². The number of benzene rings is 2. The molecule has 5 rings (SSSR count). The zero-order chi connectivity index (χ0) is 22.2. The number of halogens is 2. The molecule has 5 nitrogen and oxygen atoms in total. The summed E-state index contributed by atoms with van der Waals surface area (Å²) in [6.07, 6.45) is 3.47. The zero-order valence-electron chi connectivity index (χ0n) is 18.2. The molecule has 0 bridgehead atoms. The molecular formula is C25H25F2N5. The first-order chi connectivity index (χ1) is 15.5. The van der Waals surface area contributed by atoms with Gasteiger partial charge >= 0.3 is 0 Å². The van der Waals surface area contributed by atoms with Crippen LogP contribution in [0.5, 0.6) is 0 Å². The van der Waals surface area contributed by atoms with Gasteiger partial charge in [0.1, 0.15) is 17.2 Å². The van der Waals surface area contributed by atoms with Gasteiger partial charge in [-0.2, -0.15) is 0 Å². The summed E-state index contributed by atoms with van der Waals surface area (Å²) >= 11 is 0. The molecule has 164 valence electrons. The van der Waals surface area contributed by atoms with Gasteiger partial charge in [-0.15, -0.1) is 5.10 Å². The van der Waals surface area contributed by atoms with Crippen molar-refractivity contribution in [2.75, 3.05) is 13.1 Å². The average molecular weight is 434 g/mol. The molecule has 1 fully saturated rings. The second kappa shape index (κ2) is 8.39. The standard InChI is InChI=1S/C25H25F2N5/c1-16-5-4-13-31(16)14-12-19-7-3-6-18-8-10-22(28-25(18)19)24-17(2)32(30-29-24)23-11-9-20(26)15-21(23)27/h3,6-11,15-16H,4-5,12-14H2,1-2H3/t16-/m1/s1. The summed E-state index contributed by atoms with van der Waals surface area (Å²) in [5, 5.41) is 9.45. The zero-order valence-corrected chi connectivity index (χ0v) is 18.2. The van der Waals surface area contributed by atoms with Gasteiger partial charge in [0.2, 0.25) is 0 Å². The van der Waals surface area contributed by atoms with Crippen LogP contribution in [0.25, 0.3) is 28.0 Å². The smallest absolute Gasteiger partial charge is 0.151 e. The Morgan fingerprint density at radius 3 is 2.75 bits per heavy atom. The second-order valence-corrected chi connectivity index (χ2v) is 8.49. The summed E-state index contributed by atoms with van der Waals surface area (Å²) in [5.74, 6) is -1.31. The number of rotatable bonds is 5. The van der Waals surface area contributed by atoms with Crippen LogP contribution in [0.3, 0.4) is 0 Å². The maximum absolute atomic E-state index is 14.3. The number of likely N-dealkylation sites (tertiary alicyclic amines) is 1. The molecule has 0 radical (unpaired) electrons. The molecule has 0 saturated carbocycles. The Morgan fingerprint density at radius 2 is 1.97 bits per heavy atom. The minimum absolute atomic E-state index is 0.156. The Balaban J connectivity index is 1.49. The summed E-state index contributed by atoms with van der Waals surface area (Å²) in [6, 6.07) is 14.3. The highest BCUT2D eigenvalue weighted by atomic mass is 19.1. The van der Waals surface area contributed by atoms with Crippen LogP contribution in [-0.2, 0) is 6.42 Å². The molecule has 0 aliphatic carbocycles. The van der Waals surface area contributed by atoms with Crippen LogP contribution in [0.15, 0.2) is 48.5 Å². The van der Waals surface area contributed by atoms with E-state index in [1.165, 1.54) is 35.2 Å². The van der Waals surface area contributed by atoms with E-state index in [0.29, 0.717) is 23.1 Å². The van der Waals surface area contributed by atoms with Gasteiger partial charge in [0.25, 0.3) is 0 Å². The van der Waals surface area contributed by atoms with Crippen molar-refractivity contribution in [3.8, 4) is 17.1 Å². The largest absolute Gasteiger partial charge is 0.300 e. The van der Waals surface area contributed by atoms with E-state index in [-0.39, 0.29) is 5.69 Å². The van der Waals surface area contributed by atoms with Gasteiger partial charge in [-0.25, -0.2) is 18.4 Å². The van der Waals surface area contributed by atoms with Gasteiger partial charge in [0.15, 0.2) is 5.82 Å². The molecule has 0 N–H and O–H groups in total. The minimum Gasteiger partial charge on any atom is -0.300 e. The number of para-hydroxylation sites is 1. The van der Waals surface area contributed by atoms with Gasteiger partial charge in [-0.3, -0.25) is 0 Å². The van der Waals surface area contributed by atoms with Crippen LogP contribution in [0.1, 0.15) is 31.0 Å². The van der Waals surface area contributed by atoms with Crippen LogP contribution in [0, 0.1) is 18.6 Å². The predicted octanol–water partition coefficient (Wildman–Crippen LogP) is 5.10. The number of aromatic nitrogens is 4. The molecule has 1 aliphatic rings. The lowest BCUT2D eigenvalue weighted by Gasteiger charge is -2.21. The van der Waals surface area contributed by atoms with E-state index in [0.717, 1.165) is 36.5 Å². The van der Waals surface area contributed by atoms with Crippen LogP contribution >= 0.6 is 0 Å². The third-order valence-corrected chi connectivity index (χ3v) is 6.44. The molecule has 32 heavy (non-hydrogen) atoms. The first-order valence-electron chi connectivity index (χ1n) is 11.0. The normalized spacial score (nSPS) is 16.8. The molecule has 0 amide bonds. The van der Waals surface area contributed by atoms with E-state index >= 15 is 0 Å². The fraction of sp³-hybridized carbons (Fsp3) is 0.320. The third kappa shape index (κ3) is 3.77. The van der Waals surface area contributed by atoms with Crippen molar-refractivity contribution in [1.82, 2.24) is 24.9 Å². The van der Waals surface area contributed by atoms with Crippen LogP contribution < -0.4 is 0 Å². The van der Waals surface area contributed by atoms with Crippen molar-refractivity contribution >= 4 is 10.9 Å². The van der Waals surface area contributed by atoms with E-state index < -0.39 is 11.6 Å². The molecule has 0 unspecified atom stereocenters. The summed E-state index contributed by atoms with van der Waals surface area (Å²) in [5.41, 5.74) is 4.23. The fourth-order valence-electron chi connectivity index (χ4n) is 4.58. The highest BCUT2D eigenvalue weighted by molar-refractivity contribution is 5.84. The van der Waals surface area contributed by atoms with E-state index in [1.54, 1.807) is 0 Å². The van der Waals surface area contributed by atoms with Gasteiger partial charge in [-0.05, 0) is 63.4 Å². The predicted molar refractivity (Wildman–Crippen MR) is 121 cm³/mol.